The number of imide groups is 1. The standard InChI is InChI=1S/C29H29NO7/c1-36-25-14-12-20(17-26(25)37-2)19-10-7-18(8-11-19)9-13-24(31)23(29(34)35)15-16-30-27(32)21-5-3-4-6-22(21)28(30)33/h3-8,10-12,14,17,23-24,31H,9,13,15-16H2,1-2H3,(H,34,35). The number of aryl methyl sites for hydroxylation is 1. The predicted molar refractivity (Wildman–Crippen MR) is 137 cm³/mol. The molecule has 8 heteroatoms. The molecule has 3 aromatic carbocycles. The average molecular weight is 504 g/mol. The lowest BCUT2D eigenvalue weighted by Crippen LogP contribution is -2.36. The third kappa shape index (κ3) is 5.49. The molecule has 8 nitrogen and oxygen atoms in total. The van der Waals surface area contributed by atoms with Gasteiger partial charge in [0, 0.05) is 6.54 Å². The third-order valence-electron chi connectivity index (χ3n) is 6.72. The van der Waals surface area contributed by atoms with E-state index >= 15 is 0 Å². The van der Waals surface area contributed by atoms with Crippen LogP contribution in [0.2, 0.25) is 0 Å². The van der Waals surface area contributed by atoms with E-state index in [0.717, 1.165) is 21.6 Å². The van der Waals surface area contributed by atoms with E-state index in [0.29, 0.717) is 29.0 Å². The van der Waals surface area contributed by atoms with Crippen molar-refractivity contribution in [3.05, 3.63) is 83.4 Å². The number of carboxylic acid groups (broad SMARTS) is 1. The molecule has 2 amide bonds. The maximum absolute atomic E-state index is 12.5. The van der Waals surface area contributed by atoms with Crippen LogP contribution >= 0.6 is 0 Å². The fraction of sp³-hybridized carbons (Fsp3) is 0.276. The lowest BCUT2D eigenvalue weighted by atomic mass is 9.93. The van der Waals surface area contributed by atoms with Crippen molar-refractivity contribution in [1.82, 2.24) is 4.90 Å². The van der Waals surface area contributed by atoms with Crippen molar-refractivity contribution < 1.29 is 34.1 Å². The molecule has 1 heterocycles. The van der Waals surface area contributed by atoms with E-state index in [-0.39, 0.29) is 19.4 Å². The molecule has 192 valence electrons. The molecule has 0 radical (unpaired) electrons. The molecular weight excluding hydrogens is 474 g/mol. The summed E-state index contributed by atoms with van der Waals surface area (Å²) in [5.41, 5.74) is 3.53. The van der Waals surface area contributed by atoms with Gasteiger partial charge in [0.2, 0.25) is 0 Å². The Morgan fingerprint density at radius 2 is 1.43 bits per heavy atom. The summed E-state index contributed by atoms with van der Waals surface area (Å²) in [6.07, 6.45) is -0.447. The van der Waals surface area contributed by atoms with Gasteiger partial charge in [-0.3, -0.25) is 19.3 Å². The van der Waals surface area contributed by atoms with Crippen LogP contribution in [-0.4, -0.2) is 59.8 Å². The lowest BCUT2D eigenvalue weighted by molar-refractivity contribution is -0.146. The van der Waals surface area contributed by atoms with Crippen LogP contribution in [0.15, 0.2) is 66.7 Å². The number of rotatable bonds is 11. The zero-order chi connectivity index (χ0) is 26.5. The molecule has 0 fully saturated rings. The predicted octanol–water partition coefficient (Wildman–Crippen LogP) is 4.05. The minimum atomic E-state index is -1.16. The molecule has 3 aromatic rings. The van der Waals surface area contributed by atoms with Crippen molar-refractivity contribution >= 4 is 17.8 Å². The number of methoxy groups -OCH3 is 2. The summed E-state index contributed by atoms with van der Waals surface area (Å²) in [6, 6.07) is 20.0. The second-order valence-electron chi connectivity index (χ2n) is 8.91. The first kappa shape index (κ1) is 25.9. The first-order valence-corrected chi connectivity index (χ1v) is 12.0. The van der Waals surface area contributed by atoms with Crippen LogP contribution in [0.25, 0.3) is 11.1 Å². The van der Waals surface area contributed by atoms with Crippen molar-refractivity contribution in [1.29, 1.82) is 0 Å². The van der Waals surface area contributed by atoms with E-state index in [1.165, 1.54) is 0 Å². The molecule has 1 aliphatic rings. The van der Waals surface area contributed by atoms with Gasteiger partial charge in [0.25, 0.3) is 11.8 Å². The van der Waals surface area contributed by atoms with Gasteiger partial charge < -0.3 is 19.7 Å². The molecule has 0 aromatic heterocycles. The number of ether oxygens (including phenoxy) is 2. The molecule has 37 heavy (non-hydrogen) atoms. The number of fused-ring (bicyclic) bond motifs is 1. The molecule has 0 saturated carbocycles. The van der Waals surface area contributed by atoms with Gasteiger partial charge in [-0.2, -0.15) is 0 Å². The Balaban J connectivity index is 1.35. The van der Waals surface area contributed by atoms with Crippen LogP contribution < -0.4 is 9.47 Å². The number of hydrogen-bond donors (Lipinski definition) is 2. The minimum Gasteiger partial charge on any atom is -0.493 e. The summed E-state index contributed by atoms with van der Waals surface area (Å²) in [6.45, 7) is -0.0691. The van der Waals surface area contributed by atoms with Crippen molar-refractivity contribution in [2.45, 2.75) is 25.4 Å². The zero-order valence-corrected chi connectivity index (χ0v) is 20.7. The normalized spacial score (nSPS) is 14.3. The summed E-state index contributed by atoms with van der Waals surface area (Å²) in [5, 5.41) is 20.4. The first-order valence-electron chi connectivity index (χ1n) is 12.0. The van der Waals surface area contributed by atoms with Gasteiger partial charge in [0.1, 0.15) is 0 Å². The maximum atomic E-state index is 12.5. The van der Waals surface area contributed by atoms with Crippen LogP contribution in [0.3, 0.4) is 0 Å². The number of nitrogens with zero attached hydrogens (tertiary/aromatic N) is 1. The maximum Gasteiger partial charge on any atom is 0.309 e. The number of benzene rings is 3. The number of aliphatic hydroxyl groups is 1. The van der Waals surface area contributed by atoms with Gasteiger partial charge in [-0.05, 0) is 60.2 Å². The van der Waals surface area contributed by atoms with Gasteiger partial charge in [0.05, 0.1) is 37.4 Å². The largest absolute Gasteiger partial charge is 0.493 e. The van der Waals surface area contributed by atoms with E-state index in [1.807, 2.05) is 42.5 Å². The quantitative estimate of drug-likeness (QED) is 0.380. The SMILES string of the molecule is COc1ccc(-c2ccc(CCC(O)C(CCN3C(=O)c4ccccc4C3=O)C(=O)O)cc2)cc1OC. The van der Waals surface area contributed by atoms with Gasteiger partial charge in [-0.15, -0.1) is 0 Å². The molecule has 0 aliphatic carbocycles. The molecule has 1 aliphatic heterocycles. The molecule has 2 atom stereocenters. The highest BCUT2D eigenvalue weighted by molar-refractivity contribution is 6.21. The zero-order valence-electron chi connectivity index (χ0n) is 20.7. The van der Waals surface area contributed by atoms with Gasteiger partial charge in [-0.25, -0.2) is 0 Å². The van der Waals surface area contributed by atoms with Crippen molar-refractivity contribution in [2.75, 3.05) is 20.8 Å². The Morgan fingerprint density at radius 1 is 0.838 bits per heavy atom. The Bertz CT molecular complexity index is 1270. The monoisotopic (exact) mass is 503 g/mol. The molecule has 4 rings (SSSR count). The summed E-state index contributed by atoms with van der Waals surface area (Å²) in [4.78, 5) is 38.0. The molecule has 0 saturated heterocycles. The third-order valence-corrected chi connectivity index (χ3v) is 6.72. The Labute approximate surface area is 215 Å². The lowest BCUT2D eigenvalue weighted by Gasteiger charge is -2.22. The highest BCUT2D eigenvalue weighted by atomic mass is 16.5. The fourth-order valence-electron chi connectivity index (χ4n) is 4.59. The molecule has 0 spiro atoms. The van der Waals surface area contributed by atoms with Crippen LogP contribution in [0, 0.1) is 5.92 Å². The highest BCUT2D eigenvalue weighted by Gasteiger charge is 2.36. The van der Waals surface area contributed by atoms with E-state index in [2.05, 4.69) is 0 Å². The Morgan fingerprint density at radius 3 is 2.00 bits per heavy atom. The smallest absolute Gasteiger partial charge is 0.309 e. The topological polar surface area (TPSA) is 113 Å². The van der Waals surface area contributed by atoms with Gasteiger partial charge in [0.15, 0.2) is 11.5 Å². The molecule has 2 N–H and O–H groups in total. The van der Waals surface area contributed by atoms with Crippen molar-refractivity contribution in [3.63, 3.8) is 0 Å². The van der Waals surface area contributed by atoms with E-state index in [4.69, 9.17) is 9.47 Å². The summed E-state index contributed by atoms with van der Waals surface area (Å²) >= 11 is 0. The van der Waals surface area contributed by atoms with Crippen LogP contribution in [0.5, 0.6) is 11.5 Å². The number of hydrogen-bond acceptors (Lipinski definition) is 6. The second-order valence-corrected chi connectivity index (χ2v) is 8.91. The number of amides is 2. The molecule has 2 unspecified atom stereocenters. The number of carboxylic acids is 1. The minimum absolute atomic E-state index is 0.0276. The van der Waals surface area contributed by atoms with E-state index in [9.17, 15) is 24.6 Å². The van der Waals surface area contributed by atoms with Gasteiger partial charge in [-0.1, -0.05) is 42.5 Å². The number of carbonyl (C=O) groups is 3. The van der Waals surface area contributed by atoms with Crippen LogP contribution in [-0.2, 0) is 11.2 Å². The Hall–Kier alpha value is -4.17. The van der Waals surface area contributed by atoms with E-state index < -0.39 is 29.8 Å². The van der Waals surface area contributed by atoms with E-state index in [1.54, 1.807) is 38.5 Å². The number of aliphatic carboxylic acids is 1. The van der Waals surface area contributed by atoms with Crippen molar-refractivity contribution in [2.24, 2.45) is 5.92 Å². The summed E-state index contributed by atoms with van der Waals surface area (Å²) in [5.74, 6) is -1.85. The first-order chi connectivity index (χ1) is 17.8. The van der Waals surface area contributed by atoms with Crippen LogP contribution in [0.4, 0.5) is 0 Å². The molecule has 0 bridgehead atoms. The van der Waals surface area contributed by atoms with Crippen LogP contribution in [0.1, 0.15) is 39.1 Å². The highest BCUT2D eigenvalue weighted by Crippen LogP contribution is 2.32. The Kier molecular flexibility index (Phi) is 7.89. The number of carbonyl (C=O) groups excluding carboxylic acids is 2. The average Bonchev–Trinajstić information content (AvgIpc) is 3.16. The van der Waals surface area contributed by atoms with Crippen molar-refractivity contribution in [3.8, 4) is 22.6 Å². The summed E-state index contributed by atoms with van der Waals surface area (Å²) < 4.78 is 10.6. The number of aliphatic hydroxyl groups excluding tert-OH is 1. The summed E-state index contributed by atoms with van der Waals surface area (Å²) in [7, 11) is 3.17. The van der Waals surface area contributed by atoms with Gasteiger partial charge >= 0.3 is 5.97 Å². The molecular formula is C29H29NO7. The fourth-order valence-corrected chi connectivity index (χ4v) is 4.59. The second kappa shape index (κ2) is 11.3.